The molecule has 6 nitrogen and oxygen atoms in total. The van der Waals surface area contributed by atoms with Crippen LogP contribution in [0.4, 0.5) is 4.39 Å². The van der Waals surface area contributed by atoms with Gasteiger partial charge in [-0.05, 0) is 54.3 Å². The number of amides is 2. The zero-order valence-corrected chi connectivity index (χ0v) is 20.0. The molecule has 1 atom stereocenters. The normalized spacial score (nSPS) is 15.8. The smallest absolute Gasteiger partial charge is 0.255 e. The summed E-state index contributed by atoms with van der Waals surface area (Å²) in [5.74, 6) is 0.0884. The number of hydrogen-bond donors (Lipinski definition) is 1. The molecule has 1 fully saturated rings. The molecule has 1 unspecified atom stereocenters. The number of carbonyl (C=O) groups excluding carboxylic acids is 2. The summed E-state index contributed by atoms with van der Waals surface area (Å²) in [6, 6.07) is 19.5. The fourth-order valence-corrected chi connectivity index (χ4v) is 4.87. The Balaban J connectivity index is 1.54. The molecular weight excluding hydrogens is 459 g/mol. The molecule has 3 aromatic carbocycles. The molecule has 7 heteroatoms. The molecule has 0 saturated heterocycles. The van der Waals surface area contributed by atoms with Gasteiger partial charge in [0, 0.05) is 18.2 Å². The van der Waals surface area contributed by atoms with Crippen molar-refractivity contribution in [2.45, 2.75) is 44.3 Å². The first-order chi connectivity index (χ1) is 17.6. The van der Waals surface area contributed by atoms with Gasteiger partial charge in [-0.3, -0.25) is 9.59 Å². The standard InChI is InChI=1S/C29H29FN2O4/c30-23-13-10-21(11-14-23)27(28(33)31-24-8-4-5-9-24)32(19-20-6-2-1-3-7-20)29(34)22-12-15-25-26(18-22)36-17-16-35-25/h1-3,6-7,10-15,18,24,27H,4-5,8-9,16-17,19H2,(H,31,33). The lowest BCUT2D eigenvalue weighted by Gasteiger charge is -2.33. The molecule has 1 N–H and O–H groups in total. The molecule has 5 rings (SSSR count). The van der Waals surface area contributed by atoms with Crippen LogP contribution in [-0.2, 0) is 11.3 Å². The van der Waals surface area contributed by atoms with Gasteiger partial charge in [0.25, 0.3) is 5.91 Å². The Bertz CT molecular complexity index is 1210. The topological polar surface area (TPSA) is 67.9 Å². The van der Waals surface area contributed by atoms with Gasteiger partial charge in [0.15, 0.2) is 11.5 Å². The van der Waals surface area contributed by atoms with Crippen molar-refractivity contribution in [3.05, 3.63) is 95.3 Å². The van der Waals surface area contributed by atoms with Crippen LogP contribution in [0.2, 0.25) is 0 Å². The number of hydrogen-bond acceptors (Lipinski definition) is 4. The molecule has 0 radical (unpaired) electrons. The number of rotatable bonds is 7. The molecule has 0 spiro atoms. The van der Waals surface area contributed by atoms with Gasteiger partial charge in [-0.25, -0.2) is 4.39 Å². The van der Waals surface area contributed by atoms with E-state index >= 15 is 0 Å². The Labute approximate surface area is 210 Å². The second-order valence-electron chi connectivity index (χ2n) is 9.22. The molecule has 36 heavy (non-hydrogen) atoms. The number of fused-ring (bicyclic) bond motifs is 1. The van der Waals surface area contributed by atoms with Gasteiger partial charge in [-0.2, -0.15) is 0 Å². The van der Waals surface area contributed by atoms with E-state index in [0.29, 0.717) is 35.8 Å². The van der Waals surface area contributed by atoms with E-state index < -0.39 is 11.9 Å². The monoisotopic (exact) mass is 488 g/mol. The first kappa shape index (κ1) is 23.9. The average Bonchev–Trinajstić information content (AvgIpc) is 3.42. The van der Waals surface area contributed by atoms with Crippen LogP contribution in [-0.4, -0.2) is 36.0 Å². The van der Waals surface area contributed by atoms with Gasteiger partial charge >= 0.3 is 0 Å². The largest absolute Gasteiger partial charge is 0.486 e. The van der Waals surface area contributed by atoms with Crippen molar-refractivity contribution in [2.24, 2.45) is 0 Å². The average molecular weight is 489 g/mol. The highest BCUT2D eigenvalue weighted by atomic mass is 19.1. The van der Waals surface area contributed by atoms with Crippen molar-refractivity contribution in [3.8, 4) is 11.5 Å². The lowest BCUT2D eigenvalue weighted by molar-refractivity contribution is -0.126. The number of carbonyl (C=O) groups is 2. The molecule has 0 bridgehead atoms. The maximum Gasteiger partial charge on any atom is 0.255 e. The first-order valence-electron chi connectivity index (χ1n) is 12.4. The Morgan fingerprint density at radius 3 is 2.33 bits per heavy atom. The molecule has 1 saturated carbocycles. The van der Waals surface area contributed by atoms with E-state index in [1.165, 1.54) is 12.1 Å². The Kier molecular flexibility index (Phi) is 7.16. The van der Waals surface area contributed by atoms with Gasteiger partial charge in [0.2, 0.25) is 5.91 Å². The lowest BCUT2D eigenvalue weighted by atomic mass is 10.0. The highest BCUT2D eigenvalue weighted by Crippen LogP contribution is 2.33. The maximum atomic E-state index is 14.0. The summed E-state index contributed by atoms with van der Waals surface area (Å²) in [7, 11) is 0. The Morgan fingerprint density at radius 1 is 0.917 bits per heavy atom. The summed E-state index contributed by atoms with van der Waals surface area (Å²) in [6.45, 7) is 1.06. The van der Waals surface area contributed by atoms with E-state index in [1.54, 1.807) is 35.2 Å². The third kappa shape index (κ3) is 5.35. The molecule has 2 aliphatic rings. The fourth-order valence-electron chi connectivity index (χ4n) is 4.87. The minimum absolute atomic E-state index is 0.0726. The number of nitrogens with one attached hydrogen (secondary N) is 1. The third-order valence-electron chi connectivity index (χ3n) is 6.69. The van der Waals surface area contributed by atoms with Gasteiger partial charge < -0.3 is 19.7 Å². The molecule has 0 aromatic heterocycles. The van der Waals surface area contributed by atoms with Crippen LogP contribution in [0.25, 0.3) is 0 Å². The summed E-state index contributed by atoms with van der Waals surface area (Å²) >= 11 is 0. The van der Waals surface area contributed by atoms with Crippen molar-refractivity contribution in [1.29, 1.82) is 0 Å². The van der Waals surface area contributed by atoms with Crippen LogP contribution in [0.5, 0.6) is 11.5 Å². The number of halogens is 1. The van der Waals surface area contributed by atoms with Crippen molar-refractivity contribution in [1.82, 2.24) is 10.2 Å². The number of nitrogens with zero attached hydrogens (tertiary/aromatic N) is 1. The van der Waals surface area contributed by atoms with E-state index in [-0.39, 0.29) is 24.4 Å². The SMILES string of the molecule is O=C(NC1CCCC1)C(c1ccc(F)cc1)N(Cc1ccccc1)C(=O)c1ccc2c(c1)OCCO2. The van der Waals surface area contributed by atoms with Gasteiger partial charge in [-0.1, -0.05) is 55.3 Å². The van der Waals surface area contributed by atoms with Crippen molar-refractivity contribution in [3.63, 3.8) is 0 Å². The van der Waals surface area contributed by atoms with Crippen LogP contribution in [0.15, 0.2) is 72.8 Å². The van der Waals surface area contributed by atoms with Gasteiger partial charge in [-0.15, -0.1) is 0 Å². The van der Waals surface area contributed by atoms with Crippen molar-refractivity contribution in [2.75, 3.05) is 13.2 Å². The van der Waals surface area contributed by atoms with Crippen LogP contribution in [0.3, 0.4) is 0 Å². The summed E-state index contributed by atoms with van der Waals surface area (Å²) in [6.07, 6.45) is 3.96. The Hall–Kier alpha value is -3.87. The predicted octanol–water partition coefficient (Wildman–Crippen LogP) is 5.04. The molecule has 1 aliphatic carbocycles. The van der Waals surface area contributed by atoms with Crippen LogP contribution in [0, 0.1) is 5.82 Å². The summed E-state index contributed by atoms with van der Waals surface area (Å²) in [5, 5.41) is 3.14. The molecular formula is C29H29FN2O4. The van der Waals surface area contributed by atoms with Gasteiger partial charge in [0.05, 0.1) is 0 Å². The zero-order chi connectivity index (χ0) is 24.9. The van der Waals surface area contributed by atoms with Crippen LogP contribution >= 0.6 is 0 Å². The minimum Gasteiger partial charge on any atom is -0.486 e. The predicted molar refractivity (Wildman–Crippen MR) is 133 cm³/mol. The second kappa shape index (κ2) is 10.8. The van der Waals surface area contributed by atoms with E-state index in [2.05, 4.69) is 5.32 Å². The maximum absolute atomic E-state index is 14.0. The summed E-state index contributed by atoms with van der Waals surface area (Å²) < 4.78 is 25.1. The molecule has 1 aliphatic heterocycles. The van der Waals surface area contributed by atoms with Gasteiger partial charge in [0.1, 0.15) is 25.1 Å². The highest BCUT2D eigenvalue weighted by molar-refractivity contribution is 5.98. The highest BCUT2D eigenvalue weighted by Gasteiger charge is 2.34. The Morgan fingerprint density at radius 2 is 1.61 bits per heavy atom. The molecule has 3 aromatic rings. The van der Waals surface area contributed by atoms with E-state index in [9.17, 15) is 14.0 Å². The third-order valence-corrected chi connectivity index (χ3v) is 6.69. The molecule has 2 amide bonds. The van der Waals surface area contributed by atoms with Crippen molar-refractivity contribution >= 4 is 11.8 Å². The quantitative estimate of drug-likeness (QED) is 0.506. The van der Waals surface area contributed by atoms with E-state index in [4.69, 9.17) is 9.47 Å². The zero-order valence-electron chi connectivity index (χ0n) is 20.0. The molecule has 186 valence electrons. The molecule has 1 heterocycles. The van der Waals surface area contributed by atoms with Crippen LogP contribution in [0.1, 0.15) is 53.2 Å². The number of benzene rings is 3. The fraction of sp³-hybridized carbons (Fsp3) is 0.310. The van der Waals surface area contributed by atoms with Crippen LogP contribution < -0.4 is 14.8 Å². The summed E-state index contributed by atoms with van der Waals surface area (Å²) in [4.78, 5) is 29.3. The summed E-state index contributed by atoms with van der Waals surface area (Å²) in [5.41, 5.74) is 1.81. The van der Waals surface area contributed by atoms with E-state index in [0.717, 1.165) is 31.2 Å². The van der Waals surface area contributed by atoms with E-state index in [1.807, 2.05) is 30.3 Å². The van der Waals surface area contributed by atoms with Crippen molar-refractivity contribution < 1.29 is 23.5 Å². The number of ether oxygens (including phenoxy) is 2. The minimum atomic E-state index is -0.938. The first-order valence-corrected chi connectivity index (χ1v) is 12.4. The second-order valence-corrected chi connectivity index (χ2v) is 9.22. The lowest BCUT2D eigenvalue weighted by Crippen LogP contribution is -2.46.